The number of carbonyl (C=O) groups is 1. The number of aliphatic hydroxyl groups is 1. The SMILES string of the molecule is CCOc1cc(C)c2n[n+](CC(=O)c3cc(OCCCO)cc(C(C)(C)C)c3)c(N)n2n1. The highest BCUT2D eigenvalue weighted by atomic mass is 16.5. The lowest BCUT2D eigenvalue weighted by Gasteiger charge is -2.21. The van der Waals surface area contributed by atoms with E-state index >= 15 is 0 Å². The summed E-state index contributed by atoms with van der Waals surface area (Å²) in [5, 5.41) is 17.9. The normalized spacial score (nSPS) is 11.7. The first-order chi connectivity index (χ1) is 15.1. The number of Topliss-reactive ketones (excluding diaryl/α,β-unsaturated/α-hetero) is 1. The monoisotopic (exact) mass is 442 g/mol. The molecule has 0 unspecified atom stereocenters. The summed E-state index contributed by atoms with van der Waals surface area (Å²) in [6.07, 6.45) is 0.521. The Labute approximate surface area is 187 Å². The molecule has 0 saturated carbocycles. The van der Waals surface area contributed by atoms with Crippen molar-refractivity contribution in [3.8, 4) is 11.6 Å². The van der Waals surface area contributed by atoms with Gasteiger partial charge in [0.2, 0.25) is 5.88 Å². The van der Waals surface area contributed by atoms with E-state index in [4.69, 9.17) is 20.3 Å². The van der Waals surface area contributed by atoms with Crippen LogP contribution in [0, 0.1) is 6.92 Å². The Balaban J connectivity index is 1.93. The van der Waals surface area contributed by atoms with Crippen molar-refractivity contribution in [3.05, 3.63) is 41.0 Å². The van der Waals surface area contributed by atoms with Gasteiger partial charge in [0.25, 0.3) is 5.65 Å². The largest absolute Gasteiger partial charge is 0.493 e. The minimum atomic E-state index is -0.169. The number of ketones is 1. The molecule has 2 aromatic heterocycles. The molecule has 0 fully saturated rings. The number of carbonyl (C=O) groups excluding carboxylic acids is 1. The Morgan fingerprint density at radius 2 is 1.97 bits per heavy atom. The third-order valence-electron chi connectivity index (χ3n) is 5.04. The van der Waals surface area contributed by atoms with Crippen LogP contribution in [0.2, 0.25) is 0 Å². The van der Waals surface area contributed by atoms with Crippen LogP contribution in [0.1, 0.15) is 55.6 Å². The maximum absolute atomic E-state index is 13.2. The molecule has 2 heterocycles. The van der Waals surface area contributed by atoms with Crippen molar-refractivity contribution in [2.45, 2.75) is 53.0 Å². The molecule has 0 aliphatic rings. The number of anilines is 1. The average molecular weight is 443 g/mol. The Morgan fingerprint density at radius 3 is 2.62 bits per heavy atom. The lowest BCUT2D eigenvalue weighted by atomic mass is 9.85. The molecule has 3 N–H and O–H groups in total. The van der Waals surface area contributed by atoms with E-state index < -0.39 is 0 Å². The fraction of sp³-hybridized carbons (Fsp3) is 0.478. The number of aliphatic hydroxyl groups excluding tert-OH is 1. The van der Waals surface area contributed by atoms with Crippen molar-refractivity contribution in [1.82, 2.24) is 14.7 Å². The summed E-state index contributed by atoms with van der Waals surface area (Å²) in [4.78, 5) is 13.2. The molecule has 9 heteroatoms. The molecular weight excluding hydrogens is 410 g/mol. The second-order valence-corrected chi connectivity index (χ2v) is 8.69. The van der Waals surface area contributed by atoms with Gasteiger partial charge in [-0.05, 0) is 43.0 Å². The zero-order valence-corrected chi connectivity index (χ0v) is 19.4. The molecule has 0 saturated heterocycles. The maximum Gasteiger partial charge on any atom is 0.401 e. The first-order valence-electron chi connectivity index (χ1n) is 10.7. The molecule has 0 aliphatic heterocycles. The first kappa shape index (κ1) is 23.5. The summed E-state index contributed by atoms with van der Waals surface area (Å²) in [6.45, 7) is 10.9. The lowest BCUT2D eigenvalue weighted by molar-refractivity contribution is -0.723. The second kappa shape index (κ2) is 9.52. The van der Waals surface area contributed by atoms with Gasteiger partial charge >= 0.3 is 5.95 Å². The van der Waals surface area contributed by atoms with E-state index in [0.29, 0.717) is 42.5 Å². The second-order valence-electron chi connectivity index (χ2n) is 8.69. The van der Waals surface area contributed by atoms with Crippen LogP contribution in [0.3, 0.4) is 0 Å². The number of ether oxygens (including phenoxy) is 2. The smallest absolute Gasteiger partial charge is 0.401 e. The van der Waals surface area contributed by atoms with Crippen molar-refractivity contribution in [2.75, 3.05) is 25.6 Å². The van der Waals surface area contributed by atoms with Gasteiger partial charge in [-0.3, -0.25) is 10.5 Å². The van der Waals surface area contributed by atoms with Gasteiger partial charge in [0.15, 0.2) is 12.3 Å². The van der Waals surface area contributed by atoms with Crippen LogP contribution in [-0.2, 0) is 12.0 Å². The molecule has 0 spiro atoms. The number of nitrogen functional groups attached to an aromatic ring is 1. The number of nitrogens with zero attached hydrogens (tertiary/aromatic N) is 4. The van der Waals surface area contributed by atoms with Gasteiger partial charge in [0, 0.05) is 30.2 Å². The van der Waals surface area contributed by atoms with Crippen molar-refractivity contribution >= 4 is 17.4 Å². The van der Waals surface area contributed by atoms with Crippen molar-refractivity contribution in [1.29, 1.82) is 0 Å². The topological polar surface area (TPSA) is 116 Å². The lowest BCUT2D eigenvalue weighted by Crippen LogP contribution is -2.42. The Hall–Kier alpha value is -3.20. The Kier molecular flexibility index (Phi) is 6.98. The average Bonchev–Trinajstić information content (AvgIpc) is 3.04. The Morgan fingerprint density at radius 1 is 1.22 bits per heavy atom. The van der Waals surface area contributed by atoms with Crippen molar-refractivity contribution < 1.29 is 24.1 Å². The number of nitrogens with two attached hydrogens (primary N) is 1. The third-order valence-corrected chi connectivity index (χ3v) is 5.04. The Bertz CT molecular complexity index is 1120. The zero-order valence-electron chi connectivity index (χ0n) is 19.4. The highest BCUT2D eigenvalue weighted by Gasteiger charge is 2.24. The number of hydrogen-bond acceptors (Lipinski definition) is 7. The number of rotatable bonds is 9. The first-order valence-corrected chi connectivity index (χ1v) is 10.7. The number of benzene rings is 1. The summed E-state index contributed by atoms with van der Waals surface area (Å²) < 4.78 is 14.2. The van der Waals surface area contributed by atoms with Crippen molar-refractivity contribution in [3.63, 3.8) is 0 Å². The molecule has 0 aliphatic carbocycles. The van der Waals surface area contributed by atoms with E-state index in [1.807, 2.05) is 26.0 Å². The molecule has 1 aromatic carbocycles. The van der Waals surface area contributed by atoms with E-state index in [1.165, 1.54) is 9.20 Å². The van der Waals surface area contributed by atoms with Crippen LogP contribution >= 0.6 is 0 Å². The van der Waals surface area contributed by atoms with Crippen LogP contribution in [0.25, 0.3) is 5.65 Å². The fourth-order valence-corrected chi connectivity index (χ4v) is 3.24. The van der Waals surface area contributed by atoms with Gasteiger partial charge in [-0.25, -0.2) is 0 Å². The quantitative estimate of drug-likeness (QED) is 0.297. The number of aryl methyl sites for hydroxylation is 1. The summed E-state index contributed by atoms with van der Waals surface area (Å²) in [5.41, 5.74) is 8.99. The standard InChI is InChI=1S/C23H31N5O4/c1-6-31-20-10-15(2)21-26-27(22(24)28(21)25-20)14-19(30)16-11-17(23(3,4)5)13-18(12-16)32-9-7-8-29/h10-13,24,29H,6-9,14H2,1-5H3/p+1. The summed E-state index contributed by atoms with van der Waals surface area (Å²) in [6, 6.07) is 7.33. The minimum Gasteiger partial charge on any atom is -0.493 e. The van der Waals surface area contributed by atoms with E-state index in [1.54, 1.807) is 12.1 Å². The zero-order chi connectivity index (χ0) is 23.5. The third kappa shape index (κ3) is 5.16. The molecular formula is C23H32N5O4+. The summed E-state index contributed by atoms with van der Waals surface area (Å²) in [7, 11) is 0. The molecule has 32 heavy (non-hydrogen) atoms. The van der Waals surface area contributed by atoms with Crippen LogP contribution < -0.4 is 19.9 Å². The highest BCUT2D eigenvalue weighted by Crippen LogP contribution is 2.28. The van der Waals surface area contributed by atoms with Crippen LogP contribution in [0.4, 0.5) is 5.95 Å². The molecule has 172 valence electrons. The molecule has 3 rings (SSSR count). The summed E-state index contributed by atoms with van der Waals surface area (Å²) in [5.74, 6) is 1.14. The molecule has 9 nitrogen and oxygen atoms in total. The fourth-order valence-electron chi connectivity index (χ4n) is 3.24. The maximum atomic E-state index is 13.2. The van der Waals surface area contributed by atoms with E-state index in [9.17, 15) is 4.79 Å². The number of fused-ring (bicyclic) bond motifs is 1. The van der Waals surface area contributed by atoms with Gasteiger partial charge in [0.1, 0.15) is 5.75 Å². The summed E-state index contributed by atoms with van der Waals surface area (Å²) >= 11 is 0. The van der Waals surface area contributed by atoms with E-state index in [-0.39, 0.29) is 30.3 Å². The van der Waals surface area contributed by atoms with Gasteiger partial charge in [-0.2, -0.15) is 0 Å². The van der Waals surface area contributed by atoms with Gasteiger partial charge in [-0.1, -0.05) is 35.5 Å². The number of aromatic nitrogens is 4. The van der Waals surface area contributed by atoms with Gasteiger partial charge in [0.05, 0.1) is 13.2 Å². The molecule has 3 aromatic rings. The molecule has 0 radical (unpaired) electrons. The molecule has 0 atom stereocenters. The number of hydrogen-bond donors (Lipinski definition) is 2. The van der Waals surface area contributed by atoms with E-state index in [2.05, 4.69) is 31.0 Å². The molecule has 0 bridgehead atoms. The van der Waals surface area contributed by atoms with Crippen LogP contribution in [0.5, 0.6) is 11.6 Å². The predicted octanol–water partition coefficient (Wildman–Crippen LogP) is 2.25. The van der Waals surface area contributed by atoms with Gasteiger partial charge in [-0.15, -0.1) is 4.68 Å². The molecule has 0 amide bonds. The van der Waals surface area contributed by atoms with E-state index in [0.717, 1.165) is 11.1 Å². The van der Waals surface area contributed by atoms with Crippen molar-refractivity contribution in [2.24, 2.45) is 0 Å². The van der Waals surface area contributed by atoms with Crippen LogP contribution in [0.15, 0.2) is 24.3 Å². The van der Waals surface area contributed by atoms with Gasteiger partial charge < -0.3 is 14.6 Å². The predicted molar refractivity (Wildman–Crippen MR) is 120 cm³/mol. The highest BCUT2D eigenvalue weighted by molar-refractivity contribution is 5.95. The minimum absolute atomic E-state index is 0.0394. The van der Waals surface area contributed by atoms with Crippen LogP contribution in [-0.4, -0.2) is 45.4 Å².